The van der Waals surface area contributed by atoms with Crippen LogP contribution in [0.5, 0.6) is 0 Å². The lowest BCUT2D eigenvalue weighted by Gasteiger charge is -2.39. The van der Waals surface area contributed by atoms with Crippen LogP contribution in [0.25, 0.3) is 0 Å². The van der Waals surface area contributed by atoms with Crippen molar-refractivity contribution in [1.82, 2.24) is 0 Å². The molecule has 6 heteroatoms. The summed E-state index contributed by atoms with van der Waals surface area (Å²) in [6.07, 6.45) is 11.0. The number of carboxylic acid groups (broad SMARTS) is 1. The number of hydrogen-bond acceptors (Lipinski definition) is 5. The smallest absolute Gasteiger partial charge is 0.345 e. The normalized spacial score (nSPS) is 29.4. The quantitative estimate of drug-likeness (QED) is 0.611. The third-order valence-corrected chi connectivity index (χ3v) is 9.39. The number of thiophene rings is 2. The molecule has 2 saturated carbocycles. The molecule has 4 aliphatic rings. The van der Waals surface area contributed by atoms with Crippen LogP contribution in [0, 0.1) is 0 Å². The van der Waals surface area contributed by atoms with Crippen LogP contribution in [0.3, 0.4) is 0 Å². The van der Waals surface area contributed by atoms with Gasteiger partial charge in [0.1, 0.15) is 4.88 Å². The summed E-state index contributed by atoms with van der Waals surface area (Å²) in [7, 11) is 0. The molecule has 0 saturated heterocycles. The largest absolute Gasteiger partial charge is 0.477 e. The highest BCUT2D eigenvalue weighted by atomic mass is 32.1. The summed E-state index contributed by atoms with van der Waals surface area (Å²) < 4.78 is 14.0. The number of carboxylic acids is 1. The Morgan fingerprint density at radius 3 is 2.11 bits per heavy atom. The van der Waals surface area contributed by atoms with Gasteiger partial charge in [-0.3, -0.25) is 0 Å². The van der Waals surface area contributed by atoms with E-state index in [4.69, 9.17) is 9.47 Å². The average molecular weight is 417 g/mol. The summed E-state index contributed by atoms with van der Waals surface area (Å²) in [5, 5.41) is 11.8. The van der Waals surface area contributed by atoms with Crippen molar-refractivity contribution in [3.05, 3.63) is 43.3 Å². The monoisotopic (exact) mass is 416 g/mol. The molecule has 4 nitrogen and oxygen atoms in total. The van der Waals surface area contributed by atoms with Crippen molar-refractivity contribution >= 4 is 28.6 Å². The predicted molar refractivity (Wildman–Crippen MR) is 108 cm³/mol. The highest BCUT2D eigenvalue weighted by Gasteiger charge is 2.65. The minimum Gasteiger partial charge on any atom is -0.477 e. The molecule has 2 fully saturated rings. The maximum atomic E-state index is 11.8. The van der Waals surface area contributed by atoms with Crippen molar-refractivity contribution in [1.29, 1.82) is 0 Å². The number of fused-ring (bicyclic) bond motifs is 6. The van der Waals surface area contributed by atoms with Crippen molar-refractivity contribution in [2.24, 2.45) is 0 Å². The van der Waals surface area contributed by atoms with E-state index < -0.39 is 11.8 Å². The van der Waals surface area contributed by atoms with Crippen molar-refractivity contribution in [3.8, 4) is 0 Å². The van der Waals surface area contributed by atoms with Gasteiger partial charge in [-0.2, -0.15) is 0 Å². The molecule has 0 amide bonds. The molecule has 2 aromatic rings. The first kappa shape index (κ1) is 17.6. The zero-order valence-corrected chi connectivity index (χ0v) is 17.4. The molecule has 1 N–H and O–H groups in total. The Morgan fingerprint density at radius 1 is 0.893 bits per heavy atom. The van der Waals surface area contributed by atoms with Crippen molar-refractivity contribution in [2.45, 2.75) is 81.2 Å². The number of hydrogen-bond donors (Lipinski definition) is 1. The maximum Gasteiger partial charge on any atom is 0.345 e. The second-order valence-electron chi connectivity index (χ2n) is 8.75. The Kier molecular flexibility index (Phi) is 3.72. The number of rotatable bonds is 1. The summed E-state index contributed by atoms with van der Waals surface area (Å²) in [5.41, 5.74) is 1.72. The van der Waals surface area contributed by atoms with Crippen LogP contribution in [-0.2, 0) is 26.5 Å². The van der Waals surface area contributed by atoms with E-state index >= 15 is 0 Å². The van der Waals surface area contributed by atoms with Gasteiger partial charge in [-0.15, -0.1) is 22.7 Å². The number of carbonyl (C=O) groups is 1. The van der Waals surface area contributed by atoms with Gasteiger partial charge in [0.2, 0.25) is 5.79 Å². The van der Waals surface area contributed by atoms with Crippen LogP contribution in [-0.4, -0.2) is 11.1 Å². The van der Waals surface area contributed by atoms with E-state index in [9.17, 15) is 9.90 Å². The third-order valence-electron chi connectivity index (χ3n) is 7.19. The average Bonchev–Trinajstić information content (AvgIpc) is 3.43. The zero-order valence-electron chi connectivity index (χ0n) is 15.8. The molecule has 1 unspecified atom stereocenters. The molecule has 2 aromatic heterocycles. The van der Waals surface area contributed by atoms with Crippen LogP contribution < -0.4 is 0 Å². The Hall–Kier alpha value is -1.21. The van der Waals surface area contributed by atoms with E-state index in [1.54, 1.807) is 11.3 Å². The summed E-state index contributed by atoms with van der Waals surface area (Å²) in [5.74, 6) is -1.75. The van der Waals surface area contributed by atoms with Gasteiger partial charge in [0.15, 0.2) is 0 Å². The lowest BCUT2D eigenvalue weighted by atomic mass is 9.80. The van der Waals surface area contributed by atoms with Gasteiger partial charge < -0.3 is 14.6 Å². The van der Waals surface area contributed by atoms with E-state index in [2.05, 4.69) is 11.4 Å². The topological polar surface area (TPSA) is 55.8 Å². The van der Waals surface area contributed by atoms with Gasteiger partial charge in [-0.05, 0) is 43.2 Å². The molecular weight excluding hydrogens is 392 g/mol. The van der Waals surface area contributed by atoms with Gasteiger partial charge in [-0.1, -0.05) is 38.5 Å². The molecule has 2 aliphatic carbocycles. The van der Waals surface area contributed by atoms with Crippen molar-refractivity contribution < 1.29 is 19.4 Å². The molecule has 4 heterocycles. The molecule has 28 heavy (non-hydrogen) atoms. The van der Waals surface area contributed by atoms with Gasteiger partial charge in [0.05, 0.1) is 21.0 Å². The SMILES string of the molecule is O=C(O)c1cc2c(s1)C1(OC3(CCCCC3)c3ccsc31)OC21CCCCC1. The summed E-state index contributed by atoms with van der Waals surface area (Å²) in [6.45, 7) is 0. The molecule has 148 valence electrons. The van der Waals surface area contributed by atoms with Crippen LogP contribution in [0.1, 0.15) is 94.8 Å². The highest BCUT2D eigenvalue weighted by Crippen LogP contribution is 2.67. The van der Waals surface area contributed by atoms with E-state index in [0.717, 1.165) is 53.8 Å². The Labute approximate surface area is 172 Å². The van der Waals surface area contributed by atoms with Gasteiger partial charge in [0.25, 0.3) is 0 Å². The van der Waals surface area contributed by atoms with E-state index in [1.165, 1.54) is 42.6 Å². The number of aromatic carboxylic acids is 1. The van der Waals surface area contributed by atoms with Crippen molar-refractivity contribution in [2.75, 3.05) is 0 Å². The van der Waals surface area contributed by atoms with Gasteiger partial charge in [-0.25, -0.2) is 4.79 Å². The third kappa shape index (κ3) is 2.15. The maximum absolute atomic E-state index is 11.8. The van der Waals surface area contributed by atoms with Gasteiger partial charge >= 0.3 is 5.97 Å². The fraction of sp³-hybridized carbons (Fsp3) is 0.591. The standard InChI is InChI=1S/C22H24O4S2/c23-19(24)16-13-15-18(28-16)22(26-21(15)10-5-2-6-11-21)17-14(7-12-27-17)20(25-22)8-3-1-4-9-20/h7,12-13H,1-6,8-11H2,(H,23,24). The van der Waals surface area contributed by atoms with E-state index in [-0.39, 0.29) is 11.2 Å². The minimum atomic E-state index is -0.897. The summed E-state index contributed by atoms with van der Waals surface area (Å²) in [4.78, 5) is 14.4. The van der Waals surface area contributed by atoms with E-state index in [0.29, 0.717) is 4.88 Å². The molecule has 2 aliphatic heterocycles. The summed E-state index contributed by atoms with van der Waals surface area (Å²) >= 11 is 3.08. The molecule has 0 radical (unpaired) electrons. The highest BCUT2D eigenvalue weighted by molar-refractivity contribution is 7.15. The van der Waals surface area contributed by atoms with E-state index in [1.807, 2.05) is 6.07 Å². The molecular formula is C22H24O4S2. The van der Waals surface area contributed by atoms with Crippen LogP contribution in [0.15, 0.2) is 17.5 Å². The second-order valence-corrected chi connectivity index (χ2v) is 10.7. The minimum absolute atomic E-state index is 0.265. The second kappa shape index (κ2) is 5.91. The Bertz CT molecular complexity index is 942. The molecule has 0 aromatic carbocycles. The lowest BCUT2D eigenvalue weighted by molar-refractivity contribution is -0.298. The first-order valence-electron chi connectivity index (χ1n) is 10.5. The predicted octanol–water partition coefficient (Wildman–Crippen LogP) is 6.09. The molecule has 1 atom stereocenters. The Balaban J connectivity index is 1.56. The van der Waals surface area contributed by atoms with Gasteiger partial charge in [0, 0.05) is 11.1 Å². The zero-order chi connectivity index (χ0) is 19.0. The fourth-order valence-corrected chi connectivity index (χ4v) is 8.25. The van der Waals surface area contributed by atoms with Crippen LogP contribution in [0.4, 0.5) is 0 Å². The molecule has 0 bridgehead atoms. The molecule has 3 spiro atoms. The first-order chi connectivity index (χ1) is 13.6. The first-order valence-corrected chi connectivity index (χ1v) is 12.2. The van der Waals surface area contributed by atoms with Crippen molar-refractivity contribution in [3.63, 3.8) is 0 Å². The van der Waals surface area contributed by atoms with Crippen LogP contribution in [0.2, 0.25) is 0 Å². The lowest BCUT2D eigenvalue weighted by Crippen LogP contribution is -2.38. The fourth-order valence-electron chi connectivity index (χ4n) is 5.96. The summed E-state index contributed by atoms with van der Waals surface area (Å²) in [6, 6.07) is 4.10. The molecule has 6 rings (SSSR count). The van der Waals surface area contributed by atoms with Crippen LogP contribution >= 0.6 is 22.7 Å². The number of ether oxygens (including phenoxy) is 2. The Morgan fingerprint density at radius 2 is 1.50 bits per heavy atom.